The van der Waals surface area contributed by atoms with Crippen LogP contribution in [0.5, 0.6) is 5.88 Å². The summed E-state index contributed by atoms with van der Waals surface area (Å²) < 4.78 is 11.3. The first-order valence-electron chi connectivity index (χ1n) is 6.58. The minimum atomic E-state index is 0.167. The Bertz CT molecular complexity index is 498. The van der Waals surface area contributed by atoms with Crippen molar-refractivity contribution >= 4 is 17.2 Å². The molecule has 0 aromatic carbocycles. The Balaban J connectivity index is 1.84. The lowest BCUT2D eigenvalue weighted by Crippen LogP contribution is -2.43. The van der Waals surface area contributed by atoms with E-state index in [0.29, 0.717) is 17.6 Å². The van der Waals surface area contributed by atoms with E-state index in [-0.39, 0.29) is 12.1 Å². The summed E-state index contributed by atoms with van der Waals surface area (Å²) in [5, 5.41) is 0.454. The molecule has 0 unspecified atom stereocenters. The van der Waals surface area contributed by atoms with E-state index in [1.54, 1.807) is 6.07 Å². The van der Waals surface area contributed by atoms with Crippen LogP contribution in [-0.2, 0) is 4.74 Å². The van der Waals surface area contributed by atoms with Gasteiger partial charge in [-0.15, -0.1) is 0 Å². The summed E-state index contributed by atoms with van der Waals surface area (Å²) in [6, 6.07) is 4.03. The van der Waals surface area contributed by atoms with Crippen molar-refractivity contribution in [2.75, 3.05) is 13.2 Å². The third kappa shape index (κ3) is 2.91. The minimum Gasteiger partial charge on any atom is -0.474 e. The highest BCUT2D eigenvalue weighted by Crippen LogP contribution is 2.32. The predicted octanol–water partition coefficient (Wildman–Crippen LogP) is 2.41. The van der Waals surface area contributed by atoms with E-state index in [9.17, 15) is 0 Å². The number of pyridine rings is 1. The zero-order valence-electron chi connectivity index (χ0n) is 10.6. The normalized spacial score (nSPS) is 26.5. The van der Waals surface area contributed by atoms with Crippen LogP contribution >= 0.6 is 11.6 Å². The van der Waals surface area contributed by atoms with Crippen LogP contribution < -0.4 is 10.5 Å². The SMILES string of the molecule is NC1CC(Oc2nc(Cl)ccc2C2=CCOCC2)C1. The third-order valence-corrected chi connectivity index (χ3v) is 3.76. The topological polar surface area (TPSA) is 57.4 Å². The van der Waals surface area contributed by atoms with E-state index in [1.807, 2.05) is 6.07 Å². The zero-order chi connectivity index (χ0) is 13.2. The molecule has 0 amide bonds. The Morgan fingerprint density at radius 1 is 1.37 bits per heavy atom. The molecule has 4 nitrogen and oxygen atoms in total. The molecular weight excluding hydrogens is 264 g/mol. The molecule has 2 N–H and O–H groups in total. The summed E-state index contributed by atoms with van der Waals surface area (Å²) in [4.78, 5) is 4.32. The lowest BCUT2D eigenvalue weighted by atomic mass is 9.90. The standard InChI is InChI=1S/C14H17ClN2O2/c15-13-2-1-12(9-3-5-18-6-4-9)14(17-13)19-11-7-10(16)8-11/h1-3,10-11H,4-8,16H2. The second-order valence-electron chi connectivity index (χ2n) is 5.01. The van der Waals surface area contributed by atoms with Gasteiger partial charge in [0.1, 0.15) is 11.3 Å². The molecule has 1 fully saturated rings. The number of hydrogen-bond acceptors (Lipinski definition) is 4. The Hall–Kier alpha value is -1.10. The molecule has 3 rings (SSSR count). The van der Waals surface area contributed by atoms with Gasteiger partial charge in [-0.3, -0.25) is 0 Å². The summed E-state index contributed by atoms with van der Waals surface area (Å²) >= 11 is 5.97. The van der Waals surface area contributed by atoms with Crippen molar-refractivity contribution in [3.63, 3.8) is 0 Å². The monoisotopic (exact) mass is 280 g/mol. The minimum absolute atomic E-state index is 0.167. The Labute approximate surface area is 117 Å². The van der Waals surface area contributed by atoms with Gasteiger partial charge in [-0.25, -0.2) is 4.98 Å². The largest absolute Gasteiger partial charge is 0.474 e. The maximum absolute atomic E-state index is 5.97. The highest BCUT2D eigenvalue weighted by molar-refractivity contribution is 6.29. The molecule has 1 aliphatic carbocycles. The highest BCUT2D eigenvalue weighted by atomic mass is 35.5. The molecule has 5 heteroatoms. The first kappa shape index (κ1) is 12.9. The van der Waals surface area contributed by atoms with Crippen molar-refractivity contribution in [1.82, 2.24) is 4.98 Å². The van der Waals surface area contributed by atoms with Gasteiger partial charge in [0.25, 0.3) is 0 Å². The number of hydrogen-bond donors (Lipinski definition) is 1. The lowest BCUT2D eigenvalue weighted by Gasteiger charge is -2.32. The molecule has 2 aliphatic rings. The number of nitrogens with two attached hydrogens (primary N) is 1. The van der Waals surface area contributed by atoms with Crippen LogP contribution in [0, 0.1) is 0 Å². The summed E-state index contributed by atoms with van der Waals surface area (Å²) in [5.74, 6) is 0.623. The van der Waals surface area contributed by atoms with Crippen LogP contribution in [0.4, 0.5) is 0 Å². The fourth-order valence-electron chi connectivity index (χ4n) is 2.38. The van der Waals surface area contributed by atoms with Crippen molar-refractivity contribution in [3.8, 4) is 5.88 Å². The maximum Gasteiger partial charge on any atom is 0.222 e. The molecule has 0 bridgehead atoms. The maximum atomic E-state index is 5.97. The van der Waals surface area contributed by atoms with Gasteiger partial charge < -0.3 is 15.2 Å². The van der Waals surface area contributed by atoms with Crippen LogP contribution in [0.3, 0.4) is 0 Å². The average molecular weight is 281 g/mol. The van der Waals surface area contributed by atoms with E-state index in [4.69, 9.17) is 26.8 Å². The van der Waals surface area contributed by atoms with E-state index in [2.05, 4.69) is 11.1 Å². The van der Waals surface area contributed by atoms with Crippen molar-refractivity contribution in [2.24, 2.45) is 5.73 Å². The van der Waals surface area contributed by atoms with Gasteiger partial charge in [0.15, 0.2) is 0 Å². The van der Waals surface area contributed by atoms with Gasteiger partial charge in [0.05, 0.1) is 13.2 Å². The fourth-order valence-corrected chi connectivity index (χ4v) is 2.52. The van der Waals surface area contributed by atoms with E-state index >= 15 is 0 Å². The van der Waals surface area contributed by atoms with Crippen LogP contribution in [0.1, 0.15) is 24.8 Å². The summed E-state index contributed by atoms with van der Waals surface area (Å²) in [7, 11) is 0. The summed E-state index contributed by atoms with van der Waals surface area (Å²) in [6.45, 7) is 1.38. The molecule has 0 radical (unpaired) electrons. The Kier molecular flexibility index (Phi) is 3.73. The quantitative estimate of drug-likeness (QED) is 0.864. The number of nitrogens with zero attached hydrogens (tertiary/aromatic N) is 1. The van der Waals surface area contributed by atoms with Crippen LogP contribution in [-0.4, -0.2) is 30.3 Å². The number of aromatic nitrogens is 1. The van der Waals surface area contributed by atoms with Gasteiger partial charge in [0, 0.05) is 11.6 Å². The van der Waals surface area contributed by atoms with Gasteiger partial charge in [-0.05, 0) is 37.0 Å². The van der Waals surface area contributed by atoms with Crippen molar-refractivity contribution in [3.05, 3.63) is 28.9 Å². The van der Waals surface area contributed by atoms with Gasteiger partial charge in [-0.2, -0.15) is 0 Å². The first-order valence-corrected chi connectivity index (χ1v) is 6.96. The van der Waals surface area contributed by atoms with Crippen molar-refractivity contribution < 1.29 is 9.47 Å². The second kappa shape index (κ2) is 5.49. The van der Waals surface area contributed by atoms with Gasteiger partial charge in [0.2, 0.25) is 5.88 Å². The highest BCUT2D eigenvalue weighted by Gasteiger charge is 2.29. The van der Waals surface area contributed by atoms with Crippen LogP contribution in [0.15, 0.2) is 18.2 Å². The Morgan fingerprint density at radius 2 is 2.21 bits per heavy atom. The second-order valence-corrected chi connectivity index (χ2v) is 5.40. The molecule has 0 saturated heterocycles. The van der Waals surface area contributed by atoms with Crippen molar-refractivity contribution in [2.45, 2.75) is 31.4 Å². The third-order valence-electron chi connectivity index (χ3n) is 3.55. The Morgan fingerprint density at radius 3 is 2.89 bits per heavy atom. The lowest BCUT2D eigenvalue weighted by molar-refractivity contribution is 0.0953. The molecule has 0 spiro atoms. The molecule has 1 aliphatic heterocycles. The van der Waals surface area contributed by atoms with Crippen LogP contribution in [0.2, 0.25) is 5.15 Å². The molecular formula is C14H17ClN2O2. The molecule has 1 aromatic rings. The summed E-state index contributed by atoms with van der Waals surface area (Å²) in [5.41, 5.74) is 8.02. The fraction of sp³-hybridized carbons (Fsp3) is 0.500. The first-order chi connectivity index (χ1) is 9.22. The zero-order valence-corrected chi connectivity index (χ0v) is 11.4. The molecule has 102 valence electrons. The average Bonchev–Trinajstić information content (AvgIpc) is 2.38. The van der Waals surface area contributed by atoms with Crippen molar-refractivity contribution in [1.29, 1.82) is 0 Å². The molecule has 0 atom stereocenters. The van der Waals surface area contributed by atoms with Crippen LogP contribution in [0.25, 0.3) is 5.57 Å². The molecule has 19 heavy (non-hydrogen) atoms. The van der Waals surface area contributed by atoms with Gasteiger partial charge in [-0.1, -0.05) is 17.7 Å². The van der Waals surface area contributed by atoms with E-state index in [0.717, 1.165) is 31.4 Å². The predicted molar refractivity (Wildman–Crippen MR) is 74.3 cm³/mol. The molecule has 1 saturated carbocycles. The molecule has 2 heterocycles. The molecule has 1 aromatic heterocycles. The van der Waals surface area contributed by atoms with E-state index in [1.165, 1.54) is 5.57 Å². The number of rotatable bonds is 3. The van der Waals surface area contributed by atoms with Gasteiger partial charge >= 0.3 is 0 Å². The smallest absolute Gasteiger partial charge is 0.222 e. The summed E-state index contributed by atoms with van der Waals surface area (Å²) in [6.07, 6.45) is 4.89. The van der Waals surface area contributed by atoms with E-state index < -0.39 is 0 Å². The number of ether oxygens (including phenoxy) is 2. The number of halogens is 1.